The predicted molar refractivity (Wildman–Crippen MR) is 62.4 cm³/mol. The molecule has 1 fully saturated rings. The van der Waals surface area contributed by atoms with E-state index in [2.05, 4.69) is 5.32 Å². The van der Waals surface area contributed by atoms with E-state index in [9.17, 15) is 0 Å². The van der Waals surface area contributed by atoms with E-state index in [0.717, 1.165) is 18.7 Å². The summed E-state index contributed by atoms with van der Waals surface area (Å²) in [5.41, 5.74) is -0.146. The summed E-state index contributed by atoms with van der Waals surface area (Å²) in [6.45, 7) is 0. The van der Waals surface area contributed by atoms with Gasteiger partial charge in [-0.25, -0.2) is 4.99 Å². The van der Waals surface area contributed by atoms with E-state index in [4.69, 9.17) is 10.4 Å². The van der Waals surface area contributed by atoms with Crippen molar-refractivity contribution in [2.24, 2.45) is 4.99 Å². The molecule has 4 nitrogen and oxygen atoms in total. The zero-order valence-corrected chi connectivity index (χ0v) is 9.64. The normalized spacial score (nSPS) is 24.7. The number of nitrogens with zero attached hydrogens (tertiary/aromatic N) is 2. The number of hydrogen-bond donors (Lipinski definition) is 2. The zero-order valence-electron chi connectivity index (χ0n) is 9.64. The Morgan fingerprint density at radius 2 is 1.93 bits per heavy atom. The van der Waals surface area contributed by atoms with Gasteiger partial charge in [0, 0.05) is 14.1 Å². The molecule has 2 rings (SSSR count). The van der Waals surface area contributed by atoms with E-state index >= 15 is 0 Å². The molecule has 84 valence electrons. The molecule has 15 heavy (non-hydrogen) atoms. The van der Waals surface area contributed by atoms with Gasteiger partial charge in [0.05, 0.1) is 6.42 Å². The highest BCUT2D eigenvalue weighted by Gasteiger charge is 2.35. The molecular weight excluding hydrogens is 188 g/mol. The van der Waals surface area contributed by atoms with Crippen molar-refractivity contribution in [3.05, 3.63) is 0 Å². The summed E-state index contributed by atoms with van der Waals surface area (Å²) < 4.78 is 0. The van der Waals surface area contributed by atoms with Gasteiger partial charge < -0.3 is 10.2 Å². The van der Waals surface area contributed by atoms with E-state index < -0.39 is 0 Å². The summed E-state index contributed by atoms with van der Waals surface area (Å²) in [6, 6.07) is 0. The lowest BCUT2D eigenvalue weighted by atomic mass is 9.88. The van der Waals surface area contributed by atoms with Crippen LogP contribution in [0.4, 0.5) is 0 Å². The monoisotopic (exact) mass is 208 g/mol. The molecule has 1 heterocycles. The van der Waals surface area contributed by atoms with Gasteiger partial charge in [0.2, 0.25) is 0 Å². The van der Waals surface area contributed by atoms with Crippen LogP contribution in [0.3, 0.4) is 0 Å². The van der Waals surface area contributed by atoms with E-state index in [1.807, 2.05) is 19.0 Å². The van der Waals surface area contributed by atoms with Crippen molar-refractivity contribution < 1.29 is 0 Å². The maximum absolute atomic E-state index is 7.86. The van der Waals surface area contributed by atoms with Crippen molar-refractivity contribution >= 4 is 11.7 Å². The molecule has 0 atom stereocenters. The first-order chi connectivity index (χ1) is 7.11. The van der Waals surface area contributed by atoms with Gasteiger partial charge in [0.1, 0.15) is 17.3 Å². The largest absolute Gasteiger partial charge is 0.366 e. The average Bonchev–Trinajstić information content (AvgIpc) is 2.17. The van der Waals surface area contributed by atoms with E-state index in [-0.39, 0.29) is 5.66 Å². The molecule has 0 radical (unpaired) electrons. The van der Waals surface area contributed by atoms with Crippen molar-refractivity contribution in [1.29, 1.82) is 5.41 Å². The second kappa shape index (κ2) is 3.83. The van der Waals surface area contributed by atoms with Crippen LogP contribution >= 0.6 is 0 Å². The van der Waals surface area contributed by atoms with Crippen LogP contribution < -0.4 is 5.32 Å². The molecule has 0 aromatic carbocycles. The number of amidine groups is 2. The van der Waals surface area contributed by atoms with Crippen LogP contribution in [0, 0.1) is 5.41 Å². The van der Waals surface area contributed by atoms with E-state index in [0.29, 0.717) is 12.3 Å². The summed E-state index contributed by atoms with van der Waals surface area (Å²) in [7, 11) is 4.02. The van der Waals surface area contributed by atoms with Gasteiger partial charge in [-0.05, 0) is 25.7 Å². The Kier molecular flexibility index (Phi) is 2.67. The van der Waals surface area contributed by atoms with Gasteiger partial charge in [0.25, 0.3) is 0 Å². The fourth-order valence-electron chi connectivity index (χ4n) is 2.43. The molecule has 0 bridgehead atoms. The number of hydrogen-bond acceptors (Lipinski definition) is 3. The lowest BCUT2D eigenvalue weighted by molar-refractivity contribution is 0.268. The van der Waals surface area contributed by atoms with Crippen LogP contribution in [0.1, 0.15) is 38.5 Å². The molecule has 2 aliphatic rings. The van der Waals surface area contributed by atoms with Crippen molar-refractivity contribution in [2.75, 3.05) is 14.1 Å². The van der Waals surface area contributed by atoms with Crippen molar-refractivity contribution in [3.8, 4) is 0 Å². The van der Waals surface area contributed by atoms with Crippen LogP contribution in [0.2, 0.25) is 0 Å². The standard InChI is InChI=1S/C11H20N4/c1-15(2)10-8-9(12)13-11(14-10)6-4-3-5-7-11/h3-8H2,1-2H3,(H2,12,13). The number of aliphatic imine (C=N–C) groups is 1. The van der Waals surface area contributed by atoms with Gasteiger partial charge in [0.15, 0.2) is 0 Å². The Labute approximate surface area is 91.3 Å². The SMILES string of the molecule is CN(C)C1=NC2(CCCCC2)NC(=N)C1. The lowest BCUT2D eigenvalue weighted by Gasteiger charge is -2.40. The first-order valence-electron chi connectivity index (χ1n) is 5.73. The molecule has 1 aliphatic heterocycles. The van der Waals surface area contributed by atoms with Gasteiger partial charge in [-0.2, -0.15) is 0 Å². The molecule has 1 aliphatic carbocycles. The van der Waals surface area contributed by atoms with Gasteiger partial charge in [-0.3, -0.25) is 5.41 Å². The summed E-state index contributed by atoms with van der Waals surface area (Å²) in [5, 5.41) is 11.1. The van der Waals surface area contributed by atoms with Crippen LogP contribution in [0.15, 0.2) is 4.99 Å². The first kappa shape index (κ1) is 10.5. The quantitative estimate of drug-likeness (QED) is 0.635. The Morgan fingerprint density at radius 1 is 1.27 bits per heavy atom. The second-order valence-electron chi connectivity index (χ2n) is 4.80. The van der Waals surface area contributed by atoms with Gasteiger partial charge >= 0.3 is 0 Å². The predicted octanol–water partition coefficient (Wildman–Crippen LogP) is 1.58. The van der Waals surface area contributed by atoms with Crippen LogP contribution in [0.5, 0.6) is 0 Å². The number of nitrogens with one attached hydrogen (secondary N) is 2. The lowest BCUT2D eigenvalue weighted by Crippen LogP contribution is -2.53. The van der Waals surface area contributed by atoms with Crippen molar-refractivity contribution in [2.45, 2.75) is 44.2 Å². The zero-order chi connectivity index (χ0) is 10.9. The smallest absolute Gasteiger partial charge is 0.132 e. The molecule has 0 amide bonds. The Morgan fingerprint density at radius 3 is 2.53 bits per heavy atom. The molecule has 0 aromatic rings. The van der Waals surface area contributed by atoms with Crippen LogP contribution in [-0.2, 0) is 0 Å². The average molecular weight is 208 g/mol. The molecule has 1 spiro atoms. The fourth-order valence-corrected chi connectivity index (χ4v) is 2.43. The molecule has 0 unspecified atom stereocenters. The second-order valence-corrected chi connectivity index (χ2v) is 4.80. The Hall–Kier alpha value is -1.06. The minimum atomic E-state index is -0.146. The molecule has 4 heteroatoms. The maximum Gasteiger partial charge on any atom is 0.132 e. The van der Waals surface area contributed by atoms with E-state index in [1.54, 1.807) is 0 Å². The van der Waals surface area contributed by atoms with Gasteiger partial charge in [-0.15, -0.1) is 0 Å². The maximum atomic E-state index is 7.86. The molecule has 0 aromatic heterocycles. The topological polar surface area (TPSA) is 51.5 Å². The van der Waals surface area contributed by atoms with Gasteiger partial charge in [-0.1, -0.05) is 6.42 Å². The van der Waals surface area contributed by atoms with E-state index in [1.165, 1.54) is 19.3 Å². The molecule has 2 N–H and O–H groups in total. The fraction of sp³-hybridized carbons (Fsp3) is 0.818. The molecular formula is C11H20N4. The highest BCUT2D eigenvalue weighted by Crippen LogP contribution is 2.31. The third-order valence-electron chi connectivity index (χ3n) is 3.26. The summed E-state index contributed by atoms with van der Waals surface area (Å²) in [4.78, 5) is 6.85. The molecule has 1 saturated carbocycles. The first-order valence-corrected chi connectivity index (χ1v) is 5.73. The minimum absolute atomic E-state index is 0.146. The van der Waals surface area contributed by atoms with Crippen LogP contribution in [0.25, 0.3) is 0 Å². The highest BCUT2D eigenvalue weighted by atomic mass is 15.3. The van der Waals surface area contributed by atoms with Crippen LogP contribution in [-0.4, -0.2) is 36.3 Å². The third-order valence-corrected chi connectivity index (χ3v) is 3.26. The third kappa shape index (κ3) is 2.13. The summed E-state index contributed by atoms with van der Waals surface area (Å²) in [5.74, 6) is 1.66. The highest BCUT2D eigenvalue weighted by molar-refractivity contribution is 6.03. The Bertz CT molecular complexity index is 287. The summed E-state index contributed by atoms with van der Waals surface area (Å²) >= 11 is 0. The number of rotatable bonds is 0. The Balaban J connectivity index is 2.23. The van der Waals surface area contributed by atoms with Crippen molar-refractivity contribution in [3.63, 3.8) is 0 Å². The molecule has 0 saturated heterocycles. The minimum Gasteiger partial charge on any atom is -0.366 e. The summed E-state index contributed by atoms with van der Waals surface area (Å²) in [6.07, 6.45) is 6.56. The van der Waals surface area contributed by atoms with Crippen molar-refractivity contribution in [1.82, 2.24) is 10.2 Å².